The van der Waals surface area contributed by atoms with Crippen molar-refractivity contribution in [2.24, 2.45) is 0 Å². The van der Waals surface area contributed by atoms with Gasteiger partial charge in [0, 0.05) is 13.6 Å². The topological polar surface area (TPSA) is 62.1 Å². The molecule has 1 aromatic heterocycles. The van der Waals surface area contributed by atoms with Gasteiger partial charge in [-0.25, -0.2) is 9.97 Å². The molecule has 0 aliphatic rings. The van der Waals surface area contributed by atoms with Crippen LogP contribution in [0.25, 0.3) is 0 Å². The van der Waals surface area contributed by atoms with Gasteiger partial charge in [0.2, 0.25) is 12.3 Å². The van der Waals surface area contributed by atoms with Crippen molar-refractivity contribution < 1.29 is 5.11 Å². The number of aliphatic hydroxyl groups excluding tert-OH is 1. The monoisotopic (exact) mass is 153 g/mol. The molecule has 0 aromatic carbocycles. The SMILES string of the molecule is CN(CCO)c1n[c]ncn1. The highest BCUT2D eigenvalue weighted by Gasteiger charge is 2.00. The molecular weight excluding hydrogens is 144 g/mol. The Morgan fingerprint density at radius 3 is 3.09 bits per heavy atom. The van der Waals surface area contributed by atoms with Crippen LogP contribution in [0.1, 0.15) is 0 Å². The fourth-order valence-corrected chi connectivity index (χ4v) is 0.643. The van der Waals surface area contributed by atoms with Crippen LogP contribution in [0.15, 0.2) is 6.33 Å². The van der Waals surface area contributed by atoms with Gasteiger partial charge in [-0.05, 0) is 0 Å². The molecule has 5 heteroatoms. The van der Waals surface area contributed by atoms with Crippen LogP contribution in [0, 0.1) is 6.33 Å². The second kappa shape index (κ2) is 3.82. The number of aromatic nitrogens is 3. The Hall–Kier alpha value is -1.23. The maximum atomic E-state index is 8.57. The molecule has 0 spiro atoms. The van der Waals surface area contributed by atoms with E-state index in [1.54, 1.807) is 11.9 Å². The predicted molar refractivity (Wildman–Crippen MR) is 39.0 cm³/mol. The van der Waals surface area contributed by atoms with Gasteiger partial charge in [-0.3, -0.25) is 0 Å². The Labute approximate surface area is 64.7 Å². The average Bonchev–Trinajstić information content (AvgIpc) is 2.07. The number of aliphatic hydroxyl groups is 1. The van der Waals surface area contributed by atoms with Crippen LogP contribution >= 0.6 is 0 Å². The van der Waals surface area contributed by atoms with Gasteiger partial charge in [0.1, 0.15) is 6.33 Å². The van der Waals surface area contributed by atoms with Crippen LogP contribution < -0.4 is 4.90 Å². The molecule has 1 aromatic rings. The van der Waals surface area contributed by atoms with Crippen molar-refractivity contribution in [1.29, 1.82) is 0 Å². The summed E-state index contributed by atoms with van der Waals surface area (Å²) in [6.45, 7) is 0.597. The minimum atomic E-state index is 0.0855. The van der Waals surface area contributed by atoms with Crippen LogP contribution in [0.5, 0.6) is 0 Å². The van der Waals surface area contributed by atoms with Gasteiger partial charge >= 0.3 is 0 Å². The van der Waals surface area contributed by atoms with Crippen LogP contribution in [0.3, 0.4) is 0 Å². The van der Waals surface area contributed by atoms with Gasteiger partial charge in [-0.15, -0.1) is 0 Å². The molecule has 0 fully saturated rings. The summed E-state index contributed by atoms with van der Waals surface area (Å²) in [5.41, 5.74) is 0. The lowest BCUT2D eigenvalue weighted by Crippen LogP contribution is -2.23. The molecule has 0 atom stereocenters. The van der Waals surface area contributed by atoms with E-state index in [1.165, 1.54) is 6.33 Å². The van der Waals surface area contributed by atoms with E-state index < -0.39 is 0 Å². The minimum absolute atomic E-state index is 0.0855. The summed E-state index contributed by atoms with van der Waals surface area (Å²) in [5.74, 6) is 0.522. The van der Waals surface area contributed by atoms with Gasteiger partial charge in [0.05, 0.1) is 6.61 Å². The van der Waals surface area contributed by atoms with Crippen molar-refractivity contribution in [3.05, 3.63) is 12.7 Å². The van der Waals surface area contributed by atoms with Crippen LogP contribution in [-0.2, 0) is 0 Å². The van der Waals surface area contributed by atoms with Crippen molar-refractivity contribution in [3.8, 4) is 0 Å². The summed E-state index contributed by atoms with van der Waals surface area (Å²) in [5, 5.41) is 8.57. The van der Waals surface area contributed by atoms with E-state index in [0.29, 0.717) is 12.5 Å². The normalized spacial score (nSPS) is 9.64. The highest BCUT2D eigenvalue weighted by molar-refractivity contribution is 5.24. The van der Waals surface area contributed by atoms with Crippen LogP contribution in [-0.4, -0.2) is 40.3 Å². The molecule has 1 rings (SSSR count). The van der Waals surface area contributed by atoms with Crippen LogP contribution in [0.4, 0.5) is 5.95 Å². The maximum Gasteiger partial charge on any atom is 0.228 e. The second-order valence-corrected chi connectivity index (χ2v) is 2.03. The fourth-order valence-electron chi connectivity index (χ4n) is 0.643. The number of hydrogen-bond donors (Lipinski definition) is 1. The Bertz CT molecular complexity index is 203. The number of anilines is 1. The first kappa shape index (κ1) is 7.87. The molecule has 0 amide bonds. The Kier molecular flexibility index (Phi) is 2.74. The van der Waals surface area contributed by atoms with E-state index in [9.17, 15) is 0 Å². The van der Waals surface area contributed by atoms with Crippen molar-refractivity contribution in [2.45, 2.75) is 0 Å². The molecule has 0 bridgehead atoms. The molecule has 0 unspecified atom stereocenters. The largest absolute Gasteiger partial charge is 0.395 e. The number of rotatable bonds is 3. The molecule has 5 nitrogen and oxygen atoms in total. The minimum Gasteiger partial charge on any atom is -0.395 e. The van der Waals surface area contributed by atoms with E-state index in [4.69, 9.17) is 5.11 Å². The van der Waals surface area contributed by atoms with Crippen molar-refractivity contribution in [2.75, 3.05) is 25.1 Å². The third-order valence-corrected chi connectivity index (χ3v) is 1.22. The number of likely N-dealkylation sites (N-methyl/N-ethyl adjacent to an activating group) is 1. The summed E-state index contributed by atoms with van der Waals surface area (Å²) in [7, 11) is 1.79. The highest BCUT2D eigenvalue weighted by Crippen LogP contribution is 1.97. The smallest absolute Gasteiger partial charge is 0.228 e. The summed E-state index contributed by atoms with van der Waals surface area (Å²) < 4.78 is 0. The summed E-state index contributed by atoms with van der Waals surface area (Å²) in [6, 6.07) is 0. The first-order chi connectivity index (χ1) is 5.34. The van der Waals surface area contributed by atoms with Gasteiger partial charge in [0.15, 0.2) is 0 Å². The van der Waals surface area contributed by atoms with E-state index in [1.807, 2.05) is 0 Å². The number of hydrogen-bond acceptors (Lipinski definition) is 5. The third-order valence-electron chi connectivity index (χ3n) is 1.22. The molecule has 0 aliphatic heterocycles. The molecule has 1 N–H and O–H groups in total. The lowest BCUT2D eigenvalue weighted by Gasteiger charge is -2.13. The zero-order chi connectivity index (χ0) is 8.10. The highest BCUT2D eigenvalue weighted by atomic mass is 16.3. The Morgan fingerprint density at radius 1 is 1.73 bits per heavy atom. The molecule has 0 saturated heterocycles. The van der Waals surface area contributed by atoms with E-state index in [-0.39, 0.29) is 6.61 Å². The van der Waals surface area contributed by atoms with Gasteiger partial charge in [-0.2, -0.15) is 4.98 Å². The van der Waals surface area contributed by atoms with E-state index in [0.717, 1.165) is 0 Å². The molecule has 1 radical (unpaired) electrons. The number of nitrogens with zero attached hydrogens (tertiary/aromatic N) is 4. The maximum absolute atomic E-state index is 8.57. The van der Waals surface area contributed by atoms with Crippen molar-refractivity contribution >= 4 is 5.95 Å². The standard InChI is InChI=1S/C6H9N4O/c1-10(2-3-11)6-8-4-7-5-9-6/h4,11H,2-3H2,1H3. The first-order valence-corrected chi connectivity index (χ1v) is 3.21. The zero-order valence-corrected chi connectivity index (χ0v) is 6.23. The molecule has 0 saturated carbocycles. The first-order valence-electron chi connectivity index (χ1n) is 3.21. The van der Waals surface area contributed by atoms with Gasteiger partial charge in [-0.1, -0.05) is 0 Å². The van der Waals surface area contributed by atoms with Crippen LogP contribution in [0.2, 0.25) is 0 Å². The Balaban J connectivity index is 2.61. The summed E-state index contributed by atoms with van der Waals surface area (Å²) in [4.78, 5) is 12.9. The lowest BCUT2D eigenvalue weighted by molar-refractivity contribution is 0.303. The molecule has 0 aliphatic carbocycles. The van der Waals surface area contributed by atoms with E-state index in [2.05, 4.69) is 21.3 Å². The van der Waals surface area contributed by atoms with Gasteiger partial charge < -0.3 is 10.0 Å². The molecule has 59 valence electrons. The van der Waals surface area contributed by atoms with Gasteiger partial charge in [0.25, 0.3) is 0 Å². The zero-order valence-electron chi connectivity index (χ0n) is 6.23. The quantitative estimate of drug-likeness (QED) is 0.609. The second-order valence-electron chi connectivity index (χ2n) is 2.03. The Morgan fingerprint density at radius 2 is 2.55 bits per heavy atom. The lowest BCUT2D eigenvalue weighted by atomic mass is 10.6. The average molecular weight is 153 g/mol. The summed E-state index contributed by atoms with van der Waals surface area (Å²) >= 11 is 0. The molecular formula is C6H9N4O. The summed E-state index contributed by atoms with van der Waals surface area (Å²) in [6.07, 6.45) is 3.79. The molecule has 1 heterocycles. The predicted octanol–water partition coefficient (Wildman–Crippen LogP) is -0.900. The van der Waals surface area contributed by atoms with Crippen molar-refractivity contribution in [1.82, 2.24) is 15.0 Å². The third kappa shape index (κ3) is 2.12. The fraction of sp³-hybridized carbons (Fsp3) is 0.500. The van der Waals surface area contributed by atoms with E-state index >= 15 is 0 Å². The molecule has 11 heavy (non-hydrogen) atoms. The van der Waals surface area contributed by atoms with Crippen molar-refractivity contribution in [3.63, 3.8) is 0 Å².